The fraction of sp³-hybridized carbons (Fsp3) is 0.750. The molecule has 1 rings (SSSR count). The van der Waals surface area contributed by atoms with Crippen molar-refractivity contribution < 1.29 is 9.53 Å². The summed E-state index contributed by atoms with van der Waals surface area (Å²) in [7, 11) is 1.42. The minimum Gasteiger partial charge on any atom is -0.466 e. The van der Waals surface area contributed by atoms with E-state index in [0.717, 1.165) is 39.3 Å². The van der Waals surface area contributed by atoms with E-state index >= 15 is 0 Å². The third kappa shape index (κ3) is 3.94. The SMILES string of the molecule is CCN1CCN(CC=C(C)C(=O)OC)CC1. The third-order valence-electron chi connectivity index (χ3n) is 3.08. The smallest absolute Gasteiger partial charge is 0.333 e. The molecule has 0 amide bonds. The minimum atomic E-state index is -0.229. The number of likely N-dealkylation sites (N-methyl/N-ethyl adjacent to an activating group) is 1. The van der Waals surface area contributed by atoms with Gasteiger partial charge in [0, 0.05) is 38.3 Å². The Morgan fingerprint density at radius 2 is 1.81 bits per heavy atom. The maximum Gasteiger partial charge on any atom is 0.333 e. The highest BCUT2D eigenvalue weighted by atomic mass is 16.5. The Kier molecular flexibility index (Phi) is 5.49. The van der Waals surface area contributed by atoms with Crippen molar-refractivity contribution in [2.75, 3.05) is 46.4 Å². The number of hydrogen-bond acceptors (Lipinski definition) is 4. The molecule has 0 unspecified atom stereocenters. The molecular weight excluding hydrogens is 204 g/mol. The van der Waals surface area contributed by atoms with Crippen LogP contribution < -0.4 is 0 Å². The van der Waals surface area contributed by atoms with Crippen molar-refractivity contribution in [2.45, 2.75) is 13.8 Å². The summed E-state index contributed by atoms with van der Waals surface area (Å²) in [6.45, 7) is 10.4. The van der Waals surface area contributed by atoms with Crippen LogP contribution in [0.4, 0.5) is 0 Å². The third-order valence-corrected chi connectivity index (χ3v) is 3.08. The molecule has 4 heteroatoms. The zero-order valence-electron chi connectivity index (χ0n) is 10.5. The van der Waals surface area contributed by atoms with E-state index in [4.69, 9.17) is 0 Å². The Morgan fingerprint density at radius 1 is 1.25 bits per heavy atom. The number of hydrogen-bond donors (Lipinski definition) is 0. The first-order valence-electron chi connectivity index (χ1n) is 5.87. The van der Waals surface area contributed by atoms with Gasteiger partial charge in [0.25, 0.3) is 0 Å². The van der Waals surface area contributed by atoms with E-state index in [2.05, 4.69) is 21.5 Å². The summed E-state index contributed by atoms with van der Waals surface area (Å²) in [5.74, 6) is -0.229. The lowest BCUT2D eigenvalue weighted by Gasteiger charge is -2.33. The summed E-state index contributed by atoms with van der Waals surface area (Å²) in [5, 5.41) is 0. The first-order chi connectivity index (χ1) is 7.67. The molecule has 92 valence electrons. The zero-order valence-corrected chi connectivity index (χ0v) is 10.5. The van der Waals surface area contributed by atoms with Crippen molar-refractivity contribution in [3.8, 4) is 0 Å². The molecular formula is C12H22N2O2. The standard InChI is InChI=1S/C12H22N2O2/c1-4-13-7-9-14(10-8-13)6-5-11(2)12(15)16-3/h5H,4,6-10H2,1-3H3. The molecule has 1 fully saturated rings. The molecule has 0 aromatic rings. The number of piperazine rings is 1. The van der Waals surface area contributed by atoms with Crippen LogP contribution in [0.5, 0.6) is 0 Å². The molecule has 4 nitrogen and oxygen atoms in total. The average Bonchev–Trinajstić information content (AvgIpc) is 2.35. The summed E-state index contributed by atoms with van der Waals surface area (Å²) in [4.78, 5) is 16.0. The number of carbonyl (C=O) groups excluding carboxylic acids is 1. The molecule has 0 saturated carbocycles. The van der Waals surface area contributed by atoms with Crippen LogP contribution in [0, 0.1) is 0 Å². The average molecular weight is 226 g/mol. The highest BCUT2D eigenvalue weighted by Crippen LogP contribution is 2.03. The predicted molar refractivity (Wildman–Crippen MR) is 64.3 cm³/mol. The van der Waals surface area contributed by atoms with Crippen molar-refractivity contribution in [3.05, 3.63) is 11.6 Å². The van der Waals surface area contributed by atoms with Gasteiger partial charge in [-0.3, -0.25) is 4.90 Å². The maximum absolute atomic E-state index is 11.2. The molecule has 1 heterocycles. The number of methoxy groups -OCH3 is 1. The van der Waals surface area contributed by atoms with Gasteiger partial charge in [-0.25, -0.2) is 4.79 Å². The Labute approximate surface area is 97.9 Å². The molecule has 0 radical (unpaired) electrons. The van der Waals surface area contributed by atoms with E-state index in [0.29, 0.717) is 5.57 Å². The lowest BCUT2D eigenvalue weighted by molar-refractivity contribution is -0.136. The first-order valence-corrected chi connectivity index (χ1v) is 5.87. The monoisotopic (exact) mass is 226 g/mol. The Bertz CT molecular complexity index is 256. The van der Waals surface area contributed by atoms with Crippen LogP contribution in [0.1, 0.15) is 13.8 Å². The highest BCUT2D eigenvalue weighted by Gasteiger charge is 2.14. The van der Waals surface area contributed by atoms with Gasteiger partial charge in [0.15, 0.2) is 0 Å². The predicted octanol–water partition coefficient (Wildman–Crippen LogP) is 0.743. The largest absolute Gasteiger partial charge is 0.466 e. The number of esters is 1. The summed E-state index contributed by atoms with van der Waals surface area (Å²) < 4.78 is 4.65. The van der Waals surface area contributed by atoms with Crippen molar-refractivity contribution in [1.82, 2.24) is 9.80 Å². The molecule has 0 aliphatic carbocycles. The Morgan fingerprint density at radius 3 is 2.31 bits per heavy atom. The summed E-state index contributed by atoms with van der Waals surface area (Å²) in [5.41, 5.74) is 0.695. The van der Waals surface area contributed by atoms with Gasteiger partial charge in [-0.2, -0.15) is 0 Å². The van der Waals surface area contributed by atoms with Crippen LogP contribution in [0.25, 0.3) is 0 Å². The van der Waals surface area contributed by atoms with Gasteiger partial charge in [-0.05, 0) is 13.5 Å². The van der Waals surface area contributed by atoms with Crippen LogP contribution in [0.2, 0.25) is 0 Å². The molecule has 1 aliphatic heterocycles. The molecule has 0 aromatic heterocycles. The number of rotatable bonds is 4. The van der Waals surface area contributed by atoms with Crippen LogP contribution in [0.3, 0.4) is 0 Å². The van der Waals surface area contributed by atoms with Crippen LogP contribution in [-0.2, 0) is 9.53 Å². The van der Waals surface area contributed by atoms with Crippen LogP contribution in [-0.4, -0.2) is 62.1 Å². The van der Waals surface area contributed by atoms with E-state index in [9.17, 15) is 4.79 Å². The van der Waals surface area contributed by atoms with Crippen LogP contribution >= 0.6 is 0 Å². The van der Waals surface area contributed by atoms with Crippen molar-refractivity contribution in [1.29, 1.82) is 0 Å². The van der Waals surface area contributed by atoms with E-state index in [1.54, 1.807) is 6.92 Å². The second-order valence-corrected chi connectivity index (χ2v) is 4.11. The van der Waals surface area contributed by atoms with Crippen molar-refractivity contribution in [2.24, 2.45) is 0 Å². The topological polar surface area (TPSA) is 32.8 Å². The quantitative estimate of drug-likeness (QED) is 0.523. The van der Waals surface area contributed by atoms with Crippen molar-refractivity contribution >= 4 is 5.97 Å². The van der Waals surface area contributed by atoms with E-state index in [1.807, 2.05) is 6.08 Å². The van der Waals surface area contributed by atoms with Gasteiger partial charge >= 0.3 is 5.97 Å². The van der Waals surface area contributed by atoms with E-state index in [-0.39, 0.29) is 5.97 Å². The zero-order chi connectivity index (χ0) is 12.0. The second-order valence-electron chi connectivity index (χ2n) is 4.11. The van der Waals surface area contributed by atoms with Crippen molar-refractivity contribution in [3.63, 3.8) is 0 Å². The fourth-order valence-corrected chi connectivity index (χ4v) is 1.80. The molecule has 0 atom stereocenters. The lowest BCUT2D eigenvalue weighted by atomic mass is 10.2. The fourth-order valence-electron chi connectivity index (χ4n) is 1.80. The number of carbonyl (C=O) groups is 1. The highest BCUT2D eigenvalue weighted by molar-refractivity contribution is 5.87. The first kappa shape index (κ1) is 13.2. The van der Waals surface area contributed by atoms with E-state index < -0.39 is 0 Å². The van der Waals surface area contributed by atoms with Gasteiger partial charge in [0.1, 0.15) is 0 Å². The normalized spacial score (nSPS) is 19.8. The van der Waals surface area contributed by atoms with E-state index in [1.165, 1.54) is 7.11 Å². The minimum absolute atomic E-state index is 0.229. The molecule has 1 aliphatic rings. The van der Waals surface area contributed by atoms with Gasteiger partial charge < -0.3 is 9.64 Å². The molecule has 1 saturated heterocycles. The Hall–Kier alpha value is -0.870. The molecule has 0 bridgehead atoms. The molecule has 0 N–H and O–H groups in total. The van der Waals surface area contributed by atoms with Gasteiger partial charge in [-0.15, -0.1) is 0 Å². The summed E-state index contributed by atoms with van der Waals surface area (Å²) in [6, 6.07) is 0. The lowest BCUT2D eigenvalue weighted by Crippen LogP contribution is -2.46. The van der Waals surface area contributed by atoms with Gasteiger partial charge in [0.2, 0.25) is 0 Å². The molecule has 16 heavy (non-hydrogen) atoms. The molecule has 0 aromatic carbocycles. The number of nitrogens with zero attached hydrogens (tertiary/aromatic N) is 2. The number of ether oxygens (including phenoxy) is 1. The van der Waals surface area contributed by atoms with Gasteiger partial charge in [0.05, 0.1) is 7.11 Å². The maximum atomic E-state index is 11.2. The van der Waals surface area contributed by atoms with Crippen LogP contribution in [0.15, 0.2) is 11.6 Å². The Balaban J connectivity index is 2.31. The second kappa shape index (κ2) is 6.66. The summed E-state index contributed by atoms with van der Waals surface area (Å²) in [6.07, 6.45) is 1.95. The molecule has 0 spiro atoms. The summed E-state index contributed by atoms with van der Waals surface area (Å²) >= 11 is 0. The van der Waals surface area contributed by atoms with Gasteiger partial charge in [-0.1, -0.05) is 13.0 Å².